The van der Waals surface area contributed by atoms with Gasteiger partial charge >= 0.3 is 0 Å². The van der Waals surface area contributed by atoms with Gasteiger partial charge in [0.05, 0.1) is 21.8 Å². The van der Waals surface area contributed by atoms with E-state index in [1.165, 1.54) is 13.2 Å². The van der Waals surface area contributed by atoms with Gasteiger partial charge in [0.15, 0.2) is 11.6 Å². The third-order valence-corrected chi connectivity index (χ3v) is 3.80. The van der Waals surface area contributed by atoms with E-state index in [4.69, 9.17) is 4.74 Å². The van der Waals surface area contributed by atoms with Crippen LogP contribution in [-0.4, -0.2) is 22.9 Å². The van der Waals surface area contributed by atoms with E-state index in [1.807, 2.05) is 0 Å². The van der Waals surface area contributed by atoms with Gasteiger partial charge in [-0.05, 0) is 26.0 Å². The SMILES string of the molecule is COc1ccc(C)nc1NC(=O)c1cc([N+](=O)[O-])c(C)s1. The fourth-order valence-electron chi connectivity index (χ4n) is 1.73. The Morgan fingerprint density at radius 1 is 1.43 bits per heavy atom. The number of ether oxygens (including phenoxy) is 1. The van der Waals surface area contributed by atoms with Gasteiger partial charge in [0, 0.05) is 11.8 Å². The lowest BCUT2D eigenvalue weighted by atomic mass is 10.3. The fourth-order valence-corrected chi connectivity index (χ4v) is 2.62. The zero-order chi connectivity index (χ0) is 15.6. The number of aromatic nitrogens is 1. The predicted molar refractivity (Wildman–Crippen MR) is 79.2 cm³/mol. The van der Waals surface area contributed by atoms with Crippen LogP contribution in [0, 0.1) is 24.0 Å². The molecule has 0 saturated heterocycles. The van der Waals surface area contributed by atoms with Crippen LogP contribution in [0.3, 0.4) is 0 Å². The van der Waals surface area contributed by atoms with E-state index in [9.17, 15) is 14.9 Å². The zero-order valence-electron chi connectivity index (χ0n) is 11.7. The molecule has 21 heavy (non-hydrogen) atoms. The average Bonchev–Trinajstić information content (AvgIpc) is 2.81. The Balaban J connectivity index is 2.28. The summed E-state index contributed by atoms with van der Waals surface area (Å²) in [5.74, 6) is 0.264. The molecule has 2 aromatic rings. The summed E-state index contributed by atoms with van der Waals surface area (Å²) in [6, 6.07) is 4.71. The highest BCUT2D eigenvalue weighted by Gasteiger charge is 2.20. The first-order valence-corrected chi connectivity index (χ1v) is 6.82. The Hall–Kier alpha value is -2.48. The Morgan fingerprint density at radius 3 is 2.71 bits per heavy atom. The summed E-state index contributed by atoms with van der Waals surface area (Å²) >= 11 is 1.07. The van der Waals surface area contributed by atoms with Crippen molar-refractivity contribution in [1.29, 1.82) is 0 Å². The molecule has 0 unspecified atom stereocenters. The quantitative estimate of drug-likeness (QED) is 0.692. The largest absolute Gasteiger partial charge is 0.493 e. The normalized spacial score (nSPS) is 10.2. The molecule has 0 saturated carbocycles. The third-order valence-electron chi connectivity index (χ3n) is 2.76. The van der Waals surface area contributed by atoms with E-state index in [1.54, 1.807) is 26.0 Å². The molecule has 8 heteroatoms. The number of carbonyl (C=O) groups excluding carboxylic acids is 1. The number of nitrogens with zero attached hydrogens (tertiary/aromatic N) is 2. The minimum Gasteiger partial charge on any atom is -0.493 e. The number of rotatable bonds is 4. The highest BCUT2D eigenvalue weighted by atomic mass is 32.1. The van der Waals surface area contributed by atoms with Crippen LogP contribution in [0.25, 0.3) is 0 Å². The number of carbonyl (C=O) groups is 1. The molecule has 0 fully saturated rings. The summed E-state index contributed by atoms with van der Waals surface area (Å²) in [7, 11) is 1.47. The molecule has 7 nitrogen and oxygen atoms in total. The van der Waals surface area contributed by atoms with Crippen molar-refractivity contribution in [2.75, 3.05) is 12.4 Å². The van der Waals surface area contributed by atoms with Crippen molar-refractivity contribution in [1.82, 2.24) is 4.98 Å². The number of aryl methyl sites for hydroxylation is 2. The number of hydrogen-bond donors (Lipinski definition) is 1. The van der Waals surface area contributed by atoms with Crippen molar-refractivity contribution in [2.45, 2.75) is 13.8 Å². The second-order valence-corrected chi connectivity index (χ2v) is 5.52. The highest BCUT2D eigenvalue weighted by molar-refractivity contribution is 7.14. The van der Waals surface area contributed by atoms with E-state index in [0.717, 1.165) is 17.0 Å². The van der Waals surface area contributed by atoms with Crippen LogP contribution in [0.1, 0.15) is 20.2 Å². The molecule has 0 radical (unpaired) electrons. The molecule has 0 aliphatic rings. The lowest BCUT2D eigenvalue weighted by molar-refractivity contribution is -0.385. The van der Waals surface area contributed by atoms with Crippen molar-refractivity contribution in [3.63, 3.8) is 0 Å². The fraction of sp³-hybridized carbons (Fsp3) is 0.231. The van der Waals surface area contributed by atoms with Crippen LogP contribution in [0.15, 0.2) is 18.2 Å². The summed E-state index contributed by atoms with van der Waals surface area (Å²) in [4.78, 5) is 27.4. The summed E-state index contributed by atoms with van der Waals surface area (Å²) in [6.45, 7) is 3.39. The Morgan fingerprint density at radius 2 is 2.14 bits per heavy atom. The Kier molecular flexibility index (Phi) is 4.18. The summed E-state index contributed by atoms with van der Waals surface area (Å²) in [5, 5.41) is 13.4. The molecule has 1 amide bonds. The van der Waals surface area contributed by atoms with E-state index in [-0.39, 0.29) is 16.4 Å². The van der Waals surface area contributed by atoms with Gasteiger partial charge in [-0.2, -0.15) is 0 Å². The van der Waals surface area contributed by atoms with Gasteiger partial charge in [-0.1, -0.05) is 0 Å². The van der Waals surface area contributed by atoms with Crippen molar-refractivity contribution in [3.05, 3.63) is 43.8 Å². The molecular weight excluding hydrogens is 294 g/mol. The second-order valence-electron chi connectivity index (χ2n) is 4.27. The first kappa shape index (κ1) is 14.9. The molecule has 2 heterocycles. The standard InChI is InChI=1S/C13H13N3O4S/c1-7-4-5-10(20-3)12(14-7)15-13(17)11-6-9(16(18)19)8(2)21-11/h4-6H,1-3H3,(H,14,15,17). The summed E-state index contributed by atoms with van der Waals surface area (Å²) < 4.78 is 5.12. The molecule has 0 spiro atoms. The minimum absolute atomic E-state index is 0.0608. The van der Waals surface area contributed by atoms with Crippen molar-refractivity contribution < 1.29 is 14.5 Å². The molecule has 0 aromatic carbocycles. The van der Waals surface area contributed by atoms with E-state index in [0.29, 0.717) is 10.6 Å². The van der Waals surface area contributed by atoms with E-state index in [2.05, 4.69) is 10.3 Å². The first-order valence-electron chi connectivity index (χ1n) is 6.00. The first-order chi connectivity index (χ1) is 9.92. The number of hydrogen-bond acceptors (Lipinski definition) is 6. The molecule has 0 atom stereocenters. The molecule has 0 bridgehead atoms. The molecular formula is C13H13N3O4S. The summed E-state index contributed by atoms with van der Waals surface area (Å²) in [5.41, 5.74) is 0.661. The molecule has 1 N–H and O–H groups in total. The number of nitrogens with one attached hydrogen (secondary N) is 1. The molecule has 0 aliphatic carbocycles. The van der Waals surface area contributed by atoms with Crippen molar-refractivity contribution in [2.24, 2.45) is 0 Å². The van der Waals surface area contributed by atoms with E-state index >= 15 is 0 Å². The number of pyridine rings is 1. The van der Waals surface area contributed by atoms with Gasteiger partial charge in [0.25, 0.3) is 11.6 Å². The van der Waals surface area contributed by atoms with Crippen LogP contribution in [0.4, 0.5) is 11.5 Å². The van der Waals surface area contributed by atoms with Gasteiger partial charge in [-0.25, -0.2) is 4.98 Å². The van der Waals surface area contributed by atoms with Crippen LogP contribution in [0.2, 0.25) is 0 Å². The number of nitro groups is 1. The lowest BCUT2D eigenvalue weighted by Gasteiger charge is -2.08. The third kappa shape index (κ3) is 3.16. The van der Waals surface area contributed by atoms with Gasteiger partial charge in [0.1, 0.15) is 0 Å². The summed E-state index contributed by atoms with van der Waals surface area (Å²) in [6.07, 6.45) is 0. The number of anilines is 1. The molecule has 110 valence electrons. The van der Waals surface area contributed by atoms with Crippen LogP contribution >= 0.6 is 11.3 Å². The average molecular weight is 307 g/mol. The lowest BCUT2D eigenvalue weighted by Crippen LogP contribution is -2.12. The molecule has 2 aromatic heterocycles. The Bertz CT molecular complexity index is 711. The topological polar surface area (TPSA) is 94.4 Å². The van der Waals surface area contributed by atoms with Crippen LogP contribution in [-0.2, 0) is 0 Å². The highest BCUT2D eigenvalue weighted by Crippen LogP contribution is 2.29. The molecule has 2 rings (SSSR count). The van der Waals surface area contributed by atoms with Crippen molar-refractivity contribution >= 4 is 28.7 Å². The maximum absolute atomic E-state index is 12.2. The van der Waals surface area contributed by atoms with Crippen LogP contribution in [0.5, 0.6) is 5.75 Å². The van der Waals surface area contributed by atoms with Gasteiger partial charge in [-0.3, -0.25) is 14.9 Å². The van der Waals surface area contributed by atoms with Gasteiger partial charge < -0.3 is 10.1 Å². The maximum atomic E-state index is 12.2. The maximum Gasteiger partial charge on any atom is 0.283 e. The van der Waals surface area contributed by atoms with E-state index < -0.39 is 10.8 Å². The van der Waals surface area contributed by atoms with Crippen LogP contribution < -0.4 is 10.1 Å². The van der Waals surface area contributed by atoms with Gasteiger partial charge in [-0.15, -0.1) is 11.3 Å². The predicted octanol–water partition coefficient (Wildman–Crippen LogP) is 2.93. The minimum atomic E-state index is -0.506. The number of amides is 1. The number of thiophene rings is 1. The Labute approximate surface area is 124 Å². The molecule has 0 aliphatic heterocycles. The van der Waals surface area contributed by atoms with Crippen molar-refractivity contribution in [3.8, 4) is 5.75 Å². The smallest absolute Gasteiger partial charge is 0.283 e. The monoisotopic (exact) mass is 307 g/mol. The number of methoxy groups -OCH3 is 1. The zero-order valence-corrected chi connectivity index (χ0v) is 12.5. The second kappa shape index (κ2) is 5.88. The van der Waals surface area contributed by atoms with Gasteiger partial charge in [0.2, 0.25) is 0 Å².